The van der Waals surface area contributed by atoms with Crippen LogP contribution in [0.4, 0.5) is 5.69 Å². The van der Waals surface area contributed by atoms with Crippen molar-refractivity contribution in [1.82, 2.24) is 0 Å². The lowest BCUT2D eigenvalue weighted by Crippen LogP contribution is -2.50. The number of halogens is 1. The number of carbonyl (C=O) groups excluding carboxylic acids is 1. The Hall–Kier alpha value is -1.79. The summed E-state index contributed by atoms with van der Waals surface area (Å²) in [6.07, 6.45) is 0.687. The minimum atomic E-state index is -1.10. The molecule has 4 N–H and O–H groups in total. The van der Waals surface area contributed by atoms with Crippen molar-refractivity contribution in [3.05, 3.63) is 28.8 Å². The van der Waals surface area contributed by atoms with Gasteiger partial charge in [0.05, 0.1) is 10.7 Å². The van der Waals surface area contributed by atoms with Gasteiger partial charge in [-0.1, -0.05) is 11.6 Å². The lowest BCUT2D eigenvalue weighted by Gasteiger charge is -2.35. The molecule has 1 saturated heterocycles. The fourth-order valence-electron chi connectivity index (χ4n) is 2.14. The lowest BCUT2D eigenvalue weighted by atomic mass is 9.89. The van der Waals surface area contributed by atoms with Crippen molar-refractivity contribution in [2.45, 2.75) is 18.4 Å². The zero-order valence-corrected chi connectivity index (χ0v) is 11.4. The van der Waals surface area contributed by atoms with E-state index in [0.717, 1.165) is 0 Å². The first-order valence-electron chi connectivity index (χ1n) is 6.13. The quantitative estimate of drug-likeness (QED) is 0.781. The maximum Gasteiger partial charge on any atom is 0.329 e. The molecule has 1 aliphatic heterocycles. The van der Waals surface area contributed by atoms with Crippen LogP contribution in [-0.4, -0.2) is 35.7 Å². The van der Waals surface area contributed by atoms with E-state index < -0.39 is 17.4 Å². The van der Waals surface area contributed by atoms with Crippen LogP contribution in [0.25, 0.3) is 0 Å². The van der Waals surface area contributed by atoms with Gasteiger partial charge in [0.25, 0.3) is 0 Å². The van der Waals surface area contributed by atoms with E-state index >= 15 is 0 Å². The number of carboxylic acids is 1. The molecule has 0 unspecified atom stereocenters. The summed E-state index contributed by atoms with van der Waals surface area (Å²) >= 11 is 6.06. The Bertz CT molecular complexity index is 541. The Labute approximate surface area is 120 Å². The van der Waals surface area contributed by atoms with Gasteiger partial charge in [-0.05, 0) is 18.2 Å². The van der Waals surface area contributed by atoms with Gasteiger partial charge >= 0.3 is 5.97 Å². The second kappa shape index (κ2) is 5.68. The van der Waals surface area contributed by atoms with Gasteiger partial charge in [-0.2, -0.15) is 0 Å². The van der Waals surface area contributed by atoms with Crippen molar-refractivity contribution in [2.24, 2.45) is 5.73 Å². The zero-order chi connectivity index (χ0) is 14.8. The summed E-state index contributed by atoms with van der Waals surface area (Å²) in [5.74, 6) is -1.53. The van der Waals surface area contributed by atoms with Crippen LogP contribution < -0.4 is 11.1 Å². The van der Waals surface area contributed by atoms with Gasteiger partial charge in [0.15, 0.2) is 0 Å². The molecule has 1 aromatic rings. The van der Waals surface area contributed by atoms with Gasteiger partial charge in [-0.3, -0.25) is 4.79 Å². The van der Waals surface area contributed by atoms with Crippen LogP contribution in [-0.2, 0) is 9.53 Å². The molecule has 108 valence electrons. The summed E-state index contributed by atoms with van der Waals surface area (Å²) < 4.78 is 5.20. The van der Waals surface area contributed by atoms with E-state index in [-0.39, 0.29) is 10.6 Å². The standard InChI is InChI=1S/C13H15ClN2O4/c14-9-7-8(11(15)17)1-2-10(9)16-13(12(18)19)3-5-20-6-4-13/h1-2,7,16H,3-6H2,(H2,15,17)(H,18,19). The molecule has 1 fully saturated rings. The Morgan fingerprint density at radius 3 is 2.50 bits per heavy atom. The molecule has 0 saturated carbocycles. The monoisotopic (exact) mass is 298 g/mol. The highest BCUT2D eigenvalue weighted by atomic mass is 35.5. The highest BCUT2D eigenvalue weighted by molar-refractivity contribution is 6.33. The third kappa shape index (κ3) is 2.86. The van der Waals surface area contributed by atoms with E-state index in [9.17, 15) is 14.7 Å². The van der Waals surface area contributed by atoms with Gasteiger partial charge in [0.1, 0.15) is 5.54 Å². The van der Waals surface area contributed by atoms with Crippen molar-refractivity contribution < 1.29 is 19.4 Å². The molecule has 0 bridgehead atoms. The molecule has 6 nitrogen and oxygen atoms in total. The number of hydrogen-bond donors (Lipinski definition) is 3. The smallest absolute Gasteiger partial charge is 0.329 e. The van der Waals surface area contributed by atoms with Crippen LogP contribution in [0.3, 0.4) is 0 Å². The van der Waals surface area contributed by atoms with Gasteiger partial charge < -0.3 is 20.9 Å². The van der Waals surface area contributed by atoms with Crippen LogP contribution in [0.15, 0.2) is 18.2 Å². The van der Waals surface area contributed by atoms with Crippen molar-refractivity contribution in [1.29, 1.82) is 0 Å². The van der Waals surface area contributed by atoms with E-state index in [4.69, 9.17) is 22.1 Å². The molecule has 0 atom stereocenters. The maximum absolute atomic E-state index is 11.5. The molecule has 7 heteroatoms. The highest BCUT2D eigenvalue weighted by Crippen LogP contribution is 2.31. The van der Waals surface area contributed by atoms with Crippen LogP contribution in [0.5, 0.6) is 0 Å². The molecule has 20 heavy (non-hydrogen) atoms. The third-order valence-electron chi connectivity index (χ3n) is 3.38. The van der Waals surface area contributed by atoms with Gasteiger partial charge in [0.2, 0.25) is 5.91 Å². The number of benzene rings is 1. The van der Waals surface area contributed by atoms with E-state index in [1.807, 2.05) is 0 Å². The first kappa shape index (κ1) is 14.6. The summed E-state index contributed by atoms with van der Waals surface area (Å²) in [6, 6.07) is 4.48. The number of nitrogens with one attached hydrogen (secondary N) is 1. The predicted octanol–water partition coefficient (Wildman–Crippen LogP) is 1.48. The van der Waals surface area contributed by atoms with Crippen molar-refractivity contribution in [3.8, 4) is 0 Å². The Kier molecular flexibility index (Phi) is 4.15. The average Bonchev–Trinajstić information content (AvgIpc) is 2.41. The van der Waals surface area contributed by atoms with E-state index in [0.29, 0.717) is 31.7 Å². The number of carboxylic acid groups (broad SMARTS) is 1. The SMILES string of the molecule is NC(=O)c1ccc(NC2(C(=O)O)CCOCC2)c(Cl)c1. The van der Waals surface area contributed by atoms with Gasteiger partial charge in [-0.15, -0.1) is 0 Å². The number of amides is 1. The Morgan fingerprint density at radius 1 is 1.35 bits per heavy atom. The van der Waals surface area contributed by atoms with Crippen molar-refractivity contribution in [2.75, 3.05) is 18.5 Å². The number of rotatable bonds is 4. The number of hydrogen-bond acceptors (Lipinski definition) is 4. The molecular weight excluding hydrogens is 284 g/mol. The largest absolute Gasteiger partial charge is 0.480 e. The molecule has 1 aliphatic rings. The molecule has 0 radical (unpaired) electrons. The Balaban J connectivity index is 2.27. The molecule has 1 amide bonds. The topological polar surface area (TPSA) is 102 Å². The second-order valence-corrected chi connectivity index (χ2v) is 5.09. The number of ether oxygens (including phenoxy) is 1. The molecule has 1 aromatic carbocycles. The zero-order valence-electron chi connectivity index (χ0n) is 10.7. The number of anilines is 1. The first-order valence-corrected chi connectivity index (χ1v) is 6.51. The van der Waals surface area contributed by atoms with Crippen LogP contribution in [0.2, 0.25) is 5.02 Å². The fourth-order valence-corrected chi connectivity index (χ4v) is 2.37. The number of carbonyl (C=O) groups is 2. The summed E-state index contributed by atoms with van der Waals surface area (Å²) in [6.45, 7) is 0.743. The van der Waals surface area contributed by atoms with Crippen LogP contribution in [0.1, 0.15) is 23.2 Å². The average molecular weight is 299 g/mol. The minimum absolute atomic E-state index is 0.258. The third-order valence-corrected chi connectivity index (χ3v) is 3.70. The molecular formula is C13H15ClN2O4. The van der Waals surface area contributed by atoms with Crippen LogP contribution >= 0.6 is 11.6 Å². The molecule has 2 rings (SSSR count). The first-order chi connectivity index (χ1) is 9.44. The maximum atomic E-state index is 11.5. The summed E-state index contributed by atoms with van der Waals surface area (Å²) in [5.41, 5.74) is 4.80. The molecule has 1 heterocycles. The molecule has 0 aliphatic carbocycles. The molecule has 0 aromatic heterocycles. The summed E-state index contributed by atoms with van der Waals surface area (Å²) in [7, 11) is 0. The molecule has 0 spiro atoms. The van der Waals surface area contributed by atoms with E-state index in [2.05, 4.69) is 5.32 Å². The van der Waals surface area contributed by atoms with E-state index in [1.165, 1.54) is 12.1 Å². The number of primary amides is 1. The van der Waals surface area contributed by atoms with Crippen molar-refractivity contribution >= 4 is 29.2 Å². The number of aliphatic carboxylic acids is 1. The Morgan fingerprint density at radius 2 is 2.00 bits per heavy atom. The van der Waals surface area contributed by atoms with Gasteiger partial charge in [0, 0.05) is 31.6 Å². The number of nitrogens with two attached hydrogens (primary N) is 1. The van der Waals surface area contributed by atoms with Crippen LogP contribution in [0, 0.1) is 0 Å². The summed E-state index contributed by atoms with van der Waals surface area (Å²) in [4.78, 5) is 22.6. The normalized spacial score (nSPS) is 17.4. The van der Waals surface area contributed by atoms with Crippen molar-refractivity contribution in [3.63, 3.8) is 0 Å². The minimum Gasteiger partial charge on any atom is -0.480 e. The second-order valence-electron chi connectivity index (χ2n) is 4.68. The van der Waals surface area contributed by atoms with Gasteiger partial charge in [-0.25, -0.2) is 4.79 Å². The highest BCUT2D eigenvalue weighted by Gasteiger charge is 2.40. The van der Waals surface area contributed by atoms with E-state index in [1.54, 1.807) is 6.07 Å². The lowest BCUT2D eigenvalue weighted by molar-refractivity contribution is -0.145. The predicted molar refractivity (Wildman–Crippen MR) is 74.0 cm³/mol. The summed E-state index contributed by atoms with van der Waals surface area (Å²) in [5, 5.41) is 12.7. The fraction of sp³-hybridized carbons (Fsp3) is 0.385.